The van der Waals surface area contributed by atoms with Gasteiger partial charge in [0.2, 0.25) is 0 Å². The van der Waals surface area contributed by atoms with Crippen LogP contribution in [0, 0.1) is 12.3 Å². The number of aliphatic hydroxyl groups excluding tert-OH is 1. The number of β-amino-alcohol motifs (C(OH)–C–C–N with tert-alkyl or cyclic N) is 1. The van der Waals surface area contributed by atoms with E-state index in [4.69, 9.17) is 21.0 Å². The molecule has 0 atom stereocenters. The average Bonchev–Trinajstić information content (AvgIpc) is 2.89. The molecule has 1 aromatic carbocycles. The van der Waals surface area contributed by atoms with E-state index in [0.29, 0.717) is 11.4 Å². The quantitative estimate of drug-likeness (QED) is 0.555. The number of ether oxygens (including phenoxy) is 2. The Morgan fingerprint density at radius 2 is 2.29 bits per heavy atom. The maximum absolute atomic E-state index is 12.4. The molecule has 0 fully saturated rings. The minimum atomic E-state index is -0.592. The van der Waals surface area contributed by atoms with Gasteiger partial charge in [0.15, 0.2) is 0 Å². The Morgan fingerprint density at radius 1 is 1.50 bits per heavy atom. The predicted molar refractivity (Wildman–Crippen MR) is 87.1 cm³/mol. The number of hydrogen-bond acceptors (Lipinski definition) is 6. The Balaban J connectivity index is 2.25. The van der Waals surface area contributed by atoms with E-state index in [2.05, 4.69) is 11.2 Å². The molecule has 1 heterocycles. The molecule has 0 radical (unpaired) electrons. The summed E-state index contributed by atoms with van der Waals surface area (Å²) in [6, 6.07) is 6.86. The Labute approximate surface area is 139 Å². The first kappa shape index (κ1) is 17.4. The van der Waals surface area contributed by atoms with Crippen LogP contribution in [0.2, 0.25) is 0 Å². The minimum absolute atomic E-state index is 0.0850. The fourth-order valence-corrected chi connectivity index (χ4v) is 2.28. The summed E-state index contributed by atoms with van der Waals surface area (Å²) in [6.07, 6.45) is 5.16. The van der Waals surface area contributed by atoms with Gasteiger partial charge in [-0.2, -0.15) is 0 Å². The van der Waals surface area contributed by atoms with E-state index in [9.17, 15) is 9.59 Å². The molecule has 0 saturated heterocycles. The van der Waals surface area contributed by atoms with E-state index in [0.717, 1.165) is 0 Å². The molecule has 0 aromatic heterocycles. The van der Waals surface area contributed by atoms with Gasteiger partial charge in [0.05, 0.1) is 25.8 Å². The first-order chi connectivity index (χ1) is 11.6. The summed E-state index contributed by atoms with van der Waals surface area (Å²) in [5.41, 5.74) is 0.912. The van der Waals surface area contributed by atoms with Crippen LogP contribution < -0.4 is 10.1 Å². The summed E-state index contributed by atoms with van der Waals surface area (Å²) in [7, 11) is 1.25. The number of nitrogens with one attached hydrogen (secondary N) is 1. The number of benzene rings is 1. The zero-order chi connectivity index (χ0) is 17.5. The number of amides is 1. The minimum Gasteiger partial charge on any atom is -0.481 e. The third kappa shape index (κ3) is 3.86. The third-order valence-corrected chi connectivity index (χ3v) is 3.38. The molecule has 126 valence electrons. The summed E-state index contributed by atoms with van der Waals surface area (Å²) >= 11 is 0. The number of aliphatic hydroxyl groups is 1. The normalized spacial score (nSPS) is 13.7. The molecule has 24 heavy (non-hydrogen) atoms. The van der Waals surface area contributed by atoms with Gasteiger partial charge < -0.3 is 24.8 Å². The molecular formula is C17H18N2O5. The van der Waals surface area contributed by atoms with Crippen molar-refractivity contribution >= 4 is 17.6 Å². The fourth-order valence-electron chi connectivity index (χ4n) is 2.28. The molecule has 2 rings (SSSR count). The third-order valence-electron chi connectivity index (χ3n) is 3.38. The number of carbonyl (C=O) groups is 2. The summed E-state index contributed by atoms with van der Waals surface area (Å²) in [4.78, 5) is 25.7. The number of hydrogen-bond donors (Lipinski definition) is 2. The van der Waals surface area contributed by atoms with Gasteiger partial charge in [-0.05, 0) is 12.1 Å². The average molecular weight is 330 g/mol. The SMILES string of the molecule is C#CCOc1cccc(NC2=C(C(=O)OC)CN(CCO)C2=O)c1. The molecule has 2 N–H and O–H groups in total. The highest BCUT2D eigenvalue weighted by Crippen LogP contribution is 2.24. The number of anilines is 1. The second-order valence-corrected chi connectivity index (χ2v) is 4.94. The number of terminal acetylenes is 1. The van der Waals surface area contributed by atoms with Crippen molar-refractivity contribution in [2.75, 3.05) is 38.7 Å². The van der Waals surface area contributed by atoms with Crippen molar-refractivity contribution < 1.29 is 24.2 Å². The maximum Gasteiger partial charge on any atom is 0.337 e. The lowest BCUT2D eigenvalue weighted by molar-refractivity contribution is -0.136. The van der Waals surface area contributed by atoms with E-state index >= 15 is 0 Å². The van der Waals surface area contributed by atoms with Crippen molar-refractivity contribution in [1.82, 2.24) is 4.90 Å². The van der Waals surface area contributed by atoms with Gasteiger partial charge in [-0.1, -0.05) is 12.0 Å². The summed E-state index contributed by atoms with van der Waals surface area (Å²) in [5.74, 6) is 1.94. The van der Waals surface area contributed by atoms with Crippen LogP contribution >= 0.6 is 0 Å². The smallest absolute Gasteiger partial charge is 0.337 e. The van der Waals surface area contributed by atoms with E-state index in [1.54, 1.807) is 24.3 Å². The Hall–Kier alpha value is -2.98. The topological polar surface area (TPSA) is 88.1 Å². The lowest BCUT2D eigenvalue weighted by atomic mass is 10.2. The molecule has 0 spiro atoms. The monoisotopic (exact) mass is 330 g/mol. The molecule has 0 saturated carbocycles. The standard InChI is InChI=1S/C17H18N2O5/c1-3-9-24-13-6-4-5-12(10-13)18-15-14(17(22)23-2)11-19(7-8-20)16(15)21/h1,4-6,10,18,20H,7-9,11H2,2H3. The van der Waals surface area contributed by atoms with Gasteiger partial charge in [-0.25, -0.2) is 4.79 Å². The zero-order valence-electron chi connectivity index (χ0n) is 13.2. The summed E-state index contributed by atoms with van der Waals surface area (Å²) < 4.78 is 10.1. The van der Waals surface area contributed by atoms with Crippen molar-refractivity contribution in [3.63, 3.8) is 0 Å². The summed E-state index contributed by atoms with van der Waals surface area (Å²) in [6.45, 7) is 0.156. The van der Waals surface area contributed by atoms with Crippen LogP contribution in [0.4, 0.5) is 5.69 Å². The van der Waals surface area contributed by atoms with Gasteiger partial charge >= 0.3 is 5.97 Å². The van der Waals surface area contributed by atoms with Crippen LogP contribution in [0.1, 0.15) is 0 Å². The van der Waals surface area contributed by atoms with E-state index in [1.165, 1.54) is 12.0 Å². The molecule has 0 aliphatic carbocycles. The number of nitrogens with zero attached hydrogens (tertiary/aromatic N) is 1. The van der Waals surface area contributed by atoms with Gasteiger partial charge in [-0.15, -0.1) is 6.42 Å². The molecule has 1 aliphatic heterocycles. The Morgan fingerprint density at radius 3 is 2.96 bits per heavy atom. The lowest BCUT2D eigenvalue weighted by Gasteiger charge is -2.15. The predicted octanol–water partition coefficient (Wildman–Crippen LogP) is 0.372. The van der Waals surface area contributed by atoms with Crippen LogP contribution in [0.15, 0.2) is 35.5 Å². The number of esters is 1. The number of rotatable bonds is 7. The van der Waals surface area contributed by atoms with Gasteiger partial charge in [0.1, 0.15) is 18.1 Å². The second-order valence-electron chi connectivity index (χ2n) is 4.94. The highest BCUT2D eigenvalue weighted by atomic mass is 16.5. The van der Waals surface area contributed by atoms with E-state index in [1.807, 2.05) is 0 Å². The molecule has 7 heteroatoms. The molecule has 0 bridgehead atoms. The molecule has 1 aromatic rings. The van der Waals surface area contributed by atoms with Crippen molar-refractivity contribution in [1.29, 1.82) is 0 Å². The van der Waals surface area contributed by atoms with E-state index < -0.39 is 5.97 Å². The van der Waals surface area contributed by atoms with Gasteiger partial charge in [-0.3, -0.25) is 4.79 Å². The molecule has 0 unspecified atom stereocenters. The number of carbonyl (C=O) groups excluding carboxylic acids is 2. The van der Waals surface area contributed by atoms with Gasteiger partial charge in [0.25, 0.3) is 5.91 Å². The van der Waals surface area contributed by atoms with Crippen molar-refractivity contribution in [3.05, 3.63) is 35.5 Å². The van der Waals surface area contributed by atoms with Crippen LogP contribution in [0.5, 0.6) is 5.75 Å². The van der Waals surface area contributed by atoms with E-state index in [-0.39, 0.29) is 43.5 Å². The molecule has 1 amide bonds. The largest absolute Gasteiger partial charge is 0.481 e. The Kier molecular flexibility index (Phi) is 5.82. The highest BCUT2D eigenvalue weighted by Gasteiger charge is 2.34. The highest BCUT2D eigenvalue weighted by molar-refractivity contribution is 6.08. The fraction of sp³-hybridized carbons (Fsp3) is 0.294. The van der Waals surface area contributed by atoms with Crippen molar-refractivity contribution in [3.8, 4) is 18.1 Å². The second kappa shape index (κ2) is 8.04. The number of methoxy groups -OCH3 is 1. The molecule has 7 nitrogen and oxygen atoms in total. The first-order valence-electron chi connectivity index (χ1n) is 7.25. The first-order valence-corrected chi connectivity index (χ1v) is 7.25. The zero-order valence-corrected chi connectivity index (χ0v) is 13.2. The van der Waals surface area contributed by atoms with Gasteiger partial charge in [0, 0.05) is 18.3 Å². The van der Waals surface area contributed by atoms with Crippen LogP contribution in [-0.2, 0) is 14.3 Å². The van der Waals surface area contributed by atoms with Crippen molar-refractivity contribution in [2.45, 2.75) is 0 Å². The lowest BCUT2D eigenvalue weighted by Crippen LogP contribution is -2.31. The maximum atomic E-state index is 12.4. The molecular weight excluding hydrogens is 312 g/mol. The van der Waals surface area contributed by atoms with Crippen molar-refractivity contribution in [2.24, 2.45) is 0 Å². The summed E-state index contributed by atoms with van der Waals surface area (Å²) in [5, 5.41) is 12.0. The van der Waals surface area contributed by atoms with Crippen LogP contribution in [-0.4, -0.2) is 55.3 Å². The van der Waals surface area contributed by atoms with Crippen LogP contribution in [0.3, 0.4) is 0 Å². The molecule has 1 aliphatic rings. The Bertz CT molecular complexity index is 705. The van der Waals surface area contributed by atoms with Crippen LogP contribution in [0.25, 0.3) is 0 Å².